The van der Waals surface area contributed by atoms with E-state index in [1.807, 2.05) is 27.8 Å². The largest absolute Gasteiger partial charge is 0.356 e. The molecule has 1 aliphatic heterocycles. The maximum Gasteiger partial charge on any atom is 0.233 e. The minimum absolute atomic E-state index is 0.0195. The van der Waals surface area contributed by atoms with Crippen LogP contribution in [0, 0.1) is 0 Å². The number of aromatic nitrogens is 3. The summed E-state index contributed by atoms with van der Waals surface area (Å²) < 4.78 is 1.86. The number of imidazole rings is 1. The molecule has 1 saturated heterocycles. The van der Waals surface area contributed by atoms with E-state index < -0.39 is 0 Å². The maximum atomic E-state index is 12.0. The fourth-order valence-corrected chi connectivity index (χ4v) is 2.93. The van der Waals surface area contributed by atoms with Crippen molar-refractivity contribution in [2.24, 2.45) is 0 Å². The van der Waals surface area contributed by atoms with Crippen LogP contribution in [0.25, 0.3) is 5.78 Å². The fraction of sp³-hybridized carbons (Fsp3) is 0.529. The summed E-state index contributed by atoms with van der Waals surface area (Å²) in [5.74, 6) is 0.824. The third-order valence-electron chi connectivity index (χ3n) is 4.27. The van der Waals surface area contributed by atoms with E-state index in [0.717, 1.165) is 31.5 Å². The zero-order valence-electron chi connectivity index (χ0n) is 13.8. The van der Waals surface area contributed by atoms with Crippen molar-refractivity contribution in [3.8, 4) is 0 Å². The Morgan fingerprint density at radius 2 is 2.21 bits per heavy atom. The lowest BCUT2D eigenvalue weighted by atomic mass is 10.2. The van der Waals surface area contributed by atoms with Gasteiger partial charge in [-0.1, -0.05) is 6.42 Å². The molecule has 3 heterocycles. The predicted molar refractivity (Wildman–Crippen MR) is 89.4 cm³/mol. The highest BCUT2D eigenvalue weighted by Gasteiger charge is 2.17. The average molecular weight is 329 g/mol. The molecule has 2 aromatic rings. The van der Waals surface area contributed by atoms with Crippen molar-refractivity contribution >= 4 is 17.6 Å². The van der Waals surface area contributed by atoms with Crippen LogP contribution >= 0.6 is 0 Å². The first-order valence-corrected chi connectivity index (χ1v) is 8.55. The first-order valence-electron chi connectivity index (χ1n) is 8.55. The number of likely N-dealkylation sites (tertiary alicyclic amines) is 1. The molecule has 1 N–H and O–H groups in total. The van der Waals surface area contributed by atoms with Gasteiger partial charge in [-0.2, -0.15) is 0 Å². The van der Waals surface area contributed by atoms with E-state index >= 15 is 0 Å². The zero-order chi connectivity index (χ0) is 16.8. The highest BCUT2D eigenvalue weighted by Crippen LogP contribution is 2.11. The van der Waals surface area contributed by atoms with Crippen LogP contribution in [0.5, 0.6) is 0 Å². The zero-order valence-corrected chi connectivity index (χ0v) is 13.8. The molecule has 3 rings (SSSR count). The van der Waals surface area contributed by atoms with Gasteiger partial charge in [-0.3, -0.25) is 14.0 Å². The predicted octanol–water partition coefficient (Wildman–Crippen LogP) is 1.18. The van der Waals surface area contributed by atoms with E-state index in [4.69, 9.17) is 0 Å². The molecule has 0 atom stereocenters. The van der Waals surface area contributed by atoms with Gasteiger partial charge in [0.2, 0.25) is 17.6 Å². The lowest BCUT2D eigenvalue weighted by molar-refractivity contribution is -0.131. The molecule has 0 bridgehead atoms. The van der Waals surface area contributed by atoms with E-state index in [2.05, 4.69) is 15.3 Å². The Balaban J connectivity index is 1.40. The smallest absolute Gasteiger partial charge is 0.233 e. The van der Waals surface area contributed by atoms with Gasteiger partial charge in [0.1, 0.15) is 0 Å². The summed E-state index contributed by atoms with van der Waals surface area (Å²) in [5, 5.41) is 2.90. The number of rotatable bonds is 6. The van der Waals surface area contributed by atoms with Gasteiger partial charge in [0.05, 0.1) is 5.69 Å². The SMILES string of the molecule is O=C(CCN1CCCCCC1=O)NCCc1cn2cccnc2n1. The molecular formula is C17H23N5O2. The Kier molecular flexibility index (Phi) is 5.40. The van der Waals surface area contributed by atoms with Gasteiger partial charge in [-0.25, -0.2) is 9.97 Å². The number of carbonyl (C=O) groups excluding carboxylic acids is 2. The molecule has 0 radical (unpaired) electrons. The van der Waals surface area contributed by atoms with Crippen LogP contribution in [0.15, 0.2) is 24.7 Å². The molecule has 1 aliphatic rings. The summed E-state index contributed by atoms with van der Waals surface area (Å²) >= 11 is 0. The number of amides is 2. The molecule has 128 valence electrons. The number of nitrogens with one attached hydrogen (secondary N) is 1. The highest BCUT2D eigenvalue weighted by atomic mass is 16.2. The van der Waals surface area contributed by atoms with E-state index in [1.165, 1.54) is 0 Å². The van der Waals surface area contributed by atoms with Crippen molar-refractivity contribution < 1.29 is 9.59 Å². The molecule has 24 heavy (non-hydrogen) atoms. The third kappa shape index (κ3) is 4.31. The summed E-state index contributed by atoms with van der Waals surface area (Å²) in [5.41, 5.74) is 0.900. The van der Waals surface area contributed by atoms with Crippen LogP contribution in [0.2, 0.25) is 0 Å². The fourth-order valence-electron chi connectivity index (χ4n) is 2.93. The lowest BCUT2D eigenvalue weighted by Gasteiger charge is -2.19. The molecule has 7 heteroatoms. The normalized spacial score (nSPS) is 15.5. The molecule has 0 spiro atoms. The number of nitrogens with zero attached hydrogens (tertiary/aromatic N) is 4. The number of hydrogen-bond donors (Lipinski definition) is 1. The van der Waals surface area contributed by atoms with E-state index in [9.17, 15) is 9.59 Å². The molecule has 0 saturated carbocycles. The van der Waals surface area contributed by atoms with Gasteiger partial charge >= 0.3 is 0 Å². The topological polar surface area (TPSA) is 79.6 Å². The van der Waals surface area contributed by atoms with Crippen molar-refractivity contribution in [1.82, 2.24) is 24.6 Å². The van der Waals surface area contributed by atoms with Crippen molar-refractivity contribution in [1.29, 1.82) is 0 Å². The van der Waals surface area contributed by atoms with E-state index in [0.29, 0.717) is 38.1 Å². The second-order valence-electron chi connectivity index (χ2n) is 6.10. The van der Waals surface area contributed by atoms with Crippen LogP contribution in [0.1, 0.15) is 37.8 Å². The van der Waals surface area contributed by atoms with Gasteiger partial charge in [0, 0.05) is 57.5 Å². The highest BCUT2D eigenvalue weighted by molar-refractivity contribution is 5.79. The Labute approximate surface area is 141 Å². The summed E-state index contributed by atoms with van der Waals surface area (Å²) in [6.07, 6.45) is 10.3. The molecule has 0 aliphatic carbocycles. The molecular weight excluding hydrogens is 306 g/mol. The van der Waals surface area contributed by atoms with Crippen LogP contribution < -0.4 is 5.32 Å². The first kappa shape index (κ1) is 16.4. The second kappa shape index (κ2) is 7.90. The summed E-state index contributed by atoms with van der Waals surface area (Å²) in [7, 11) is 0. The van der Waals surface area contributed by atoms with Crippen molar-refractivity contribution in [2.75, 3.05) is 19.6 Å². The van der Waals surface area contributed by atoms with E-state index in [-0.39, 0.29) is 11.8 Å². The minimum Gasteiger partial charge on any atom is -0.356 e. The van der Waals surface area contributed by atoms with Gasteiger partial charge in [0.15, 0.2) is 0 Å². The molecule has 1 fully saturated rings. The third-order valence-corrected chi connectivity index (χ3v) is 4.27. The van der Waals surface area contributed by atoms with Crippen LogP contribution in [0.3, 0.4) is 0 Å². The van der Waals surface area contributed by atoms with Gasteiger partial charge < -0.3 is 10.2 Å². The number of hydrogen-bond acceptors (Lipinski definition) is 4. The second-order valence-corrected chi connectivity index (χ2v) is 6.10. The van der Waals surface area contributed by atoms with Crippen molar-refractivity contribution in [3.05, 3.63) is 30.4 Å². The Morgan fingerprint density at radius 1 is 1.29 bits per heavy atom. The quantitative estimate of drug-likeness (QED) is 0.863. The molecule has 2 aromatic heterocycles. The van der Waals surface area contributed by atoms with Gasteiger partial charge in [-0.05, 0) is 18.9 Å². The van der Waals surface area contributed by atoms with Crippen molar-refractivity contribution in [3.63, 3.8) is 0 Å². The number of carbonyl (C=O) groups is 2. The molecule has 0 unspecified atom stereocenters. The summed E-state index contributed by atoms with van der Waals surface area (Å²) in [6.45, 7) is 1.83. The summed E-state index contributed by atoms with van der Waals surface area (Å²) in [6, 6.07) is 1.85. The maximum absolute atomic E-state index is 12.0. The van der Waals surface area contributed by atoms with Crippen LogP contribution in [-0.2, 0) is 16.0 Å². The minimum atomic E-state index is -0.0195. The summed E-state index contributed by atoms with van der Waals surface area (Å²) in [4.78, 5) is 34.2. The molecule has 7 nitrogen and oxygen atoms in total. The molecule has 0 aromatic carbocycles. The van der Waals surface area contributed by atoms with Gasteiger partial charge in [0.25, 0.3) is 0 Å². The van der Waals surface area contributed by atoms with Crippen molar-refractivity contribution in [2.45, 2.75) is 38.5 Å². The number of fused-ring (bicyclic) bond motifs is 1. The lowest BCUT2D eigenvalue weighted by Crippen LogP contribution is -2.35. The monoisotopic (exact) mass is 329 g/mol. The first-order chi connectivity index (χ1) is 11.7. The Morgan fingerprint density at radius 3 is 3.08 bits per heavy atom. The Hall–Kier alpha value is -2.44. The molecule has 2 amide bonds. The standard InChI is InChI=1S/C17H23N5O2/c23-15(7-12-21-10-3-1-2-5-16(21)24)18-9-6-14-13-22-11-4-8-19-17(22)20-14/h4,8,11,13H,1-3,5-7,9-10,12H2,(H,18,23). The Bertz CT molecular complexity index is 679. The average Bonchev–Trinajstić information content (AvgIpc) is 2.88. The van der Waals surface area contributed by atoms with Crippen LogP contribution in [-0.4, -0.2) is 50.7 Å². The van der Waals surface area contributed by atoms with Gasteiger partial charge in [-0.15, -0.1) is 0 Å². The van der Waals surface area contributed by atoms with E-state index in [1.54, 1.807) is 6.20 Å². The van der Waals surface area contributed by atoms with Crippen LogP contribution in [0.4, 0.5) is 0 Å².